The van der Waals surface area contributed by atoms with E-state index in [2.05, 4.69) is 50.4 Å². The van der Waals surface area contributed by atoms with Crippen molar-refractivity contribution < 1.29 is 0 Å². The summed E-state index contributed by atoms with van der Waals surface area (Å²) in [5.74, 6) is 1.06. The molecule has 0 radical (unpaired) electrons. The largest absolute Gasteiger partial charge is 0.370 e. The summed E-state index contributed by atoms with van der Waals surface area (Å²) in [6.45, 7) is 7.57. The van der Waals surface area contributed by atoms with Crippen LogP contribution in [0.4, 0.5) is 5.82 Å². The van der Waals surface area contributed by atoms with Crippen molar-refractivity contribution in [3.05, 3.63) is 35.4 Å². The topological polar surface area (TPSA) is 24.9 Å². The van der Waals surface area contributed by atoms with Crippen molar-refractivity contribution in [2.45, 2.75) is 46.5 Å². The van der Waals surface area contributed by atoms with Gasteiger partial charge in [-0.15, -0.1) is 0 Å². The summed E-state index contributed by atoms with van der Waals surface area (Å²) in [6, 6.07) is 8.93. The molecule has 0 unspecified atom stereocenters. The van der Waals surface area contributed by atoms with Gasteiger partial charge >= 0.3 is 0 Å². The molecule has 0 saturated carbocycles. The van der Waals surface area contributed by atoms with Crippen LogP contribution in [0.2, 0.25) is 0 Å². The molecule has 0 spiro atoms. The Morgan fingerprint density at radius 2 is 1.89 bits per heavy atom. The van der Waals surface area contributed by atoms with Crippen molar-refractivity contribution in [2.75, 3.05) is 11.9 Å². The third-order valence-corrected chi connectivity index (χ3v) is 3.42. The Morgan fingerprint density at radius 3 is 2.58 bits per heavy atom. The number of aryl methyl sites for hydroxylation is 2. The van der Waals surface area contributed by atoms with Gasteiger partial charge in [-0.1, -0.05) is 33.3 Å². The van der Waals surface area contributed by atoms with E-state index in [9.17, 15) is 0 Å². The second-order valence-electron chi connectivity index (χ2n) is 5.05. The zero-order chi connectivity index (χ0) is 13.7. The highest BCUT2D eigenvalue weighted by Gasteiger charge is 2.05. The van der Waals surface area contributed by atoms with Crippen LogP contribution in [0, 0.1) is 0 Å². The first kappa shape index (κ1) is 13.9. The summed E-state index contributed by atoms with van der Waals surface area (Å²) in [4.78, 5) is 4.77. The van der Waals surface area contributed by atoms with Crippen LogP contribution >= 0.6 is 0 Å². The molecule has 102 valence electrons. The highest BCUT2D eigenvalue weighted by Crippen LogP contribution is 2.22. The molecule has 0 aliphatic carbocycles. The molecule has 0 saturated heterocycles. The minimum Gasteiger partial charge on any atom is -0.370 e. The van der Waals surface area contributed by atoms with Crippen LogP contribution in [0.25, 0.3) is 10.9 Å². The second-order valence-corrected chi connectivity index (χ2v) is 5.05. The molecule has 0 aliphatic rings. The molecule has 2 nitrogen and oxygen atoms in total. The predicted molar refractivity (Wildman–Crippen MR) is 83.9 cm³/mol. The Bertz CT molecular complexity index is 546. The molecule has 0 atom stereocenters. The van der Waals surface area contributed by atoms with Crippen molar-refractivity contribution in [1.29, 1.82) is 0 Å². The Labute approximate surface area is 116 Å². The number of pyridine rings is 1. The van der Waals surface area contributed by atoms with Crippen molar-refractivity contribution >= 4 is 16.7 Å². The SMILES string of the molecule is CCCNc1nc2ccc(CCC)cc2cc1CC. The minimum atomic E-state index is 0.986. The smallest absolute Gasteiger partial charge is 0.129 e. The van der Waals surface area contributed by atoms with Crippen molar-refractivity contribution in [3.8, 4) is 0 Å². The summed E-state index contributed by atoms with van der Waals surface area (Å²) in [5.41, 5.74) is 3.82. The summed E-state index contributed by atoms with van der Waals surface area (Å²) in [6.07, 6.45) is 4.48. The number of anilines is 1. The second kappa shape index (κ2) is 6.55. The molecule has 19 heavy (non-hydrogen) atoms. The zero-order valence-corrected chi connectivity index (χ0v) is 12.3. The summed E-state index contributed by atoms with van der Waals surface area (Å²) < 4.78 is 0. The molecule has 0 fully saturated rings. The van der Waals surface area contributed by atoms with Crippen LogP contribution < -0.4 is 5.32 Å². The maximum Gasteiger partial charge on any atom is 0.129 e. The van der Waals surface area contributed by atoms with E-state index in [1.807, 2.05) is 0 Å². The van der Waals surface area contributed by atoms with Gasteiger partial charge in [-0.3, -0.25) is 0 Å². The van der Waals surface area contributed by atoms with E-state index >= 15 is 0 Å². The molecule has 2 heteroatoms. The maximum absolute atomic E-state index is 4.77. The fraction of sp³-hybridized carbons (Fsp3) is 0.471. The number of benzene rings is 1. The Morgan fingerprint density at radius 1 is 1.05 bits per heavy atom. The quantitative estimate of drug-likeness (QED) is 0.818. The highest BCUT2D eigenvalue weighted by atomic mass is 15.0. The van der Waals surface area contributed by atoms with E-state index in [0.717, 1.165) is 37.1 Å². The molecule has 0 amide bonds. The normalized spacial score (nSPS) is 10.9. The van der Waals surface area contributed by atoms with Gasteiger partial charge in [0.2, 0.25) is 0 Å². The predicted octanol–water partition coefficient (Wildman–Crippen LogP) is 4.57. The van der Waals surface area contributed by atoms with Gasteiger partial charge in [-0.25, -0.2) is 4.98 Å². The average molecular weight is 256 g/mol. The highest BCUT2D eigenvalue weighted by molar-refractivity contribution is 5.82. The van der Waals surface area contributed by atoms with E-state index in [-0.39, 0.29) is 0 Å². The minimum absolute atomic E-state index is 0.986. The van der Waals surface area contributed by atoms with Gasteiger partial charge in [0, 0.05) is 11.9 Å². The Hall–Kier alpha value is -1.57. The van der Waals surface area contributed by atoms with Gasteiger partial charge in [0.1, 0.15) is 5.82 Å². The lowest BCUT2D eigenvalue weighted by molar-refractivity contribution is 0.923. The number of hydrogen-bond donors (Lipinski definition) is 1. The molecular weight excluding hydrogens is 232 g/mol. The zero-order valence-electron chi connectivity index (χ0n) is 12.3. The summed E-state index contributed by atoms with van der Waals surface area (Å²) in [7, 11) is 0. The van der Waals surface area contributed by atoms with Gasteiger partial charge in [0.05, 0.1) is 5.52 Å². The number of hydrogen-bond acceptors (Lipinski definition) is 2. The number of rotatable bonds is 6. The monoisotopic (exact) mass is 256 g/mol. The van der Waals surface area contributed by atoms with Crippen LogP contribution in [-0.4, -0.2) is 11.5 Å². The lowest BCUT2D eigenvalue weighted by atomic mass is 10.0. The standard InChI is InChI=1S/C17H24N2/c1-4-7-13-8-9-16-15(11-13)12-14(6-3)17(19-16)18-10-5-2/h8-9,11-12H,4-7,10H2,1-3H3,(H,18,19). The first-order valence-corrected chi connectivity index (χ1v) is 7.44. The molecule has 1 N–H and O–H groups in total. The number of fused-ring (bicyclic) bond motifs is 1. The molecule has 2 rings (SSSR count). The third kappa shape index (κ3) is 3.25. The van der Waals surface area contributed by atoms with Gasteiger partial charge in [0.25, 0.3) is 0 Å². The lowest BCUT2D eigenvalue weighted by Crippen LogP contribution is -2.05. The van der Waals surface area contributed by atoms with E-state index in [4.69, 9.17) is 4.98 Å². The third-order valence-electron chi connectivity index (χ3n) is 3.42. The van der Waals surface area contributed by atoms with Crippen LogP contribution in [0.5, 0.6) is 0 Å². The number of nitrogens with zero attached hydrogens (tertiary/aromatic N) is 1. The van der Waals surface area contributed by atoms with Gasteiger partial charge in [0.15, 0.2) is 0 Å². The summed E-state index contributed by atoms with van der Waals surface area (Å²) >= 11 is 0. The summed E-state index contributed by atoms with van der Waals surface area (Å²) in [5, 5.41) is 4.70. The average Bonchev–Trinajstić information content (AvgIpc) is 2.44. The first-order chi connectivity index (χ1) is 9.28. The van der Waals surface area contributed by atoms with E-state index < -0.39 is 0 Å². The van der Waals surface area contributed by atoms with Crippen LogP contribution in [0.3, 0.4) is 0 Å². The van der Waals surface area contributed by atoms with Gasteiger partial charge < -0.3 is 5.32 Å². The van der Waals surface area contributed by atoms with Crippen molar-refractivity contribution in [2.24, 2.45) is 0 Å². The molecule has 0 bridgehead atoms. The molecule has 2 aromatic rings. The Kier molecular flexibility index (Phi) is 4.78. The number of aromatic nitrogens is 1. The van der Waals surface area contributed by atoms with Crippen molar-refractivity contribution in [1.82, 2.24) is 4.98 Å². The fourth-order valence-corrected chi connectivity index (χ4v) is 2.38. The van der Waals surface area contributed by atoms with Gasteiger partial charge in [-0.2, -0.15) is 0 Å². The van der Waals surface area contributed by atoms with Gasteiger partial charge in [-0.05, 0) is 48.6 Å². The van der Waals surface area contributed by atoms with E-state index in [1.54, 1.807) is 0 Å². The molecule has 1 aromatic heterocycles. The molecular formula is C17H24N2. The maximum atomic E-state index is 4.77. The fourth-order valence-electron chi connectivity index (χ4n) is 2.38. The van der Waals surface area contributed by atoms with E-state index in [1.165, 1.54) is 22.9 Å². The van der Waals surface area contributed by atoms with Crippen LogP contribution in [0.1, 0.15) is 44.7 Å². The van der Waals surface area contributed by atoms with Crippen molar-refractivity contribution in [3.63, 3.8) is 0 Å². The Balaban J connectivity index is 2.41. The first-order valence-electron chi connectivity index (χ1n) is 7.44. The van der Waals surface area contributed by atoms with Crippen LogP contribution in [-0.2, 0) is 12.8 Å². The molecule has 1 heterocycles. The molecule has 1 aromatic carbocycles. The molecule has 0 aliphatic heterocycles. The van der Waals surface area contributed by atoms with Crippen LogP contribution in [0.15, 0.2) is 24.3 Å². The number of nitrogens with one attached hydrogen (secondary N) is 1. The lowest BCUT2D eigenvalue weighted by Gasteiger charge is -2.11. The van der Waals surface area contributed by atoms with E-state index in [0.29, 0.717) is 0 Å².